The molecule has 6 heteroatoms. The summed E-state index contributed by atoms with van der Waals surface area (Å²) in [6.45, 7) is 19.0. The first kappa shape index (κ1) is 34.6. The van der Waals surface area contributed by atoms with Gasteiger partial charge in [0.1, 0.15) is 5.76 Å². The number of alkyl halides is 2. The van der Waals surface area contributed by atoms with Crippen LogP contribution in [-0.4, -0.2) is 33.1 Å². The number of benzene rings is 1. The van der Waals surface area contributed by atoms with Crippen LogP contribution >= 0.6 is 11.3 Å². The van der Waals surface area contributed by atoms with E-state index in [1.54, 1.807) is 7.05 Å². The SMILES string of the molecule is C=C(OC(=NC)C(F)F)c1ccc(C(C)Cc2ccccc2)s1.C=CC(=C\C=C/CC)/C(C)=C/C.C=NC. The van der Waals surface area contributed by atoms with E-state index in [2.05, 4.69) is 87.1 Å². The Balaban J connectivity index is 0.000000770. The molecule has 2 aromatic rings. The summed E-state index contributed by atoms with van der Waals surface area (Å²) in [6, 6.07) is 14.1. The molecular weight excluding hydrogens is 498 g/mol. The molecule has 2 rings (SSSR count). The van der Waals surface area contributed by atoms with Crippen molar-refractivity contribution in [2.45, 2.75) is 52.9 Å². The summed E-state index contributed by atoms with van der Waals surface area (Å²) in [5.41, 5.74) is 3.73. The van der Waals surface area contributed by atoms with Gasteiger partial charge in [-0.05, 0) is 68.2 Å². The summed E-state index contributed by atoms with van der Waals surface area (Å²) in [6.07, 6.45) is 9.53. The van der Waals surface area contributed by atoms with Gasteiger partial charge in [0.15, 0.2) is 0 Å². The second-order valence-electron chi connectivity index (χ2n) is 8.13. The first-order valence-electron chi connectivity index (χ1n) is 12.4. The van der Waals surface area contributed by atoms with Crippen LogP contribution in [0.2, 0.25) is 0 Å². The number of nitrogens with zero attached hydrogens (tertiary/aromatic N) is 2. The topological polar surface area (TPSA) is 34.0 Å². The Labute approximate surface area is 232 Å². The van der Waals surface area contributed by atoms with E-state index in [1.807, 2.05) is 43.3 Å². The minimum atomic E-state index is -2.74. The number of allylic oxidation sites excluding steroid dienone is 7. The van der Waals surface area contributed by atoms with E-state index >= 15 is 0 Å². The van der Waals surface area contributed by atoms with Crippen molar-refractivity contribution >= 4 is 29.7 Å². The van der Waals surface area contributed by atoms with E-state index in [1.165, 1.54) is 40.0 Å². The number of aliphatic imine (C=N–C) groups is 2. The predicted octanol–water partition coefficient (Wildman–Crippen LogP) is 9.72. The van der Waals surface area contributed by atoms with Gasteiger partial charge in [0.05, 0.1) is 4.88 Å². The first-order valence-corrected chi connectivity index (χ1v) is 13.2. The molecule has 0 aliphatic carbocycles. The normalized spacial score (nSPS) is 12.7. The molecule has 1 aromatic heterocycles. The van der Waals surface area contributed by atoms with Crippen molar-refractivity contribution in [3.63, 3.8) is 0 Å². The van der Waals surface area contributed by atoms with E-state index in [4.69, 9.17) is 4.74 Å². The van der Waals surface area contributed by atoms with Crippen LogP contribution in [0.15, 0.2) is 107 Å². The molecule has 3 nitrogen and oxygen atoms in total. The van der Waals surface area contributed by atoms with Gasteiger partial charge in [0.2, 0.25) is 0 Å². The predicted molar refractivity (Wildman–Crippen MR) is 165 cm³/mol. The zero-order chi connectivity index (χ0) is 28.9. The molecule has 0 aliphatic heterocycles. The molecule has 0 bridgehead atoms. The monoisotopic (exact) mass is 540 g/mol. The van der Waals surface area contributed by atoms with Crippen LogP contribution in [0.25, 0.3) is 5.76 Å². The molecule has 38 heavy (non-hydrogen) atoms. The molecule has 0 N–H and O–H groups in total. The second kappa shape index (κ2) is 20.7. The summed E-state index contributed by atoms with van der Waals surface area (Å²) < 4.78 is 30.4. The highest BCUT2D eigenvalue weighted by Crippen LogP contribution is 2.31. The van der Waals surface area contributed by atoms with Crippen LogP contribution in [0.3, 0.4) is 0 Å². The van der Waals surface area contributed by atoms with Crippen LogP contribution in [0.5, 0.6) is 0 Å². The van der Waals surface area contributed by atoms with Gasteiger partial charge in [0, 0.05) is 19.0 Å². The number of rotatable bonds is 10. The molecule has 1 atom stereocenters. The van der Waals surface area contributed by atoms with Crippen molar-refractivity contribution < 1.29 is 13.5 Å². The zero-order valence-corrected chi connectivity index (χ0v) is 24.4. The molecule has 206 valence electrons. The van der Waals surface area contributed by atoms with Gasteiger partial charge >= 0.3 is 6.43 Å². The molecule has 0 fully saturated rings. The molecule has 0 saturated heterocycles. The van der Waals surface area contributed by atoms with Crippen molar-refractivity contribution in [2.24, 2.45) is 9.98 Å². The Hall–Kier alpha value is -3.38. The first-order chi connectivity index (χ1) is 18.2. The van der Waals surface area contributed by atoms with E-state index in [9.17, 15) is 8.78 Å². The Morgan fingerprint density at radius 2 is 1.76 bits per heavy atom. The van der Waals surface area contributed by atoms with Gasteiger partial charge in [-0.2, -0.15) is 8.78 Å². The lowest BCUT2D eigenvalue weighted by Gasteiger charge is -2.10. The molecule has 0 saturated carbocycles. The van der Waals surface area contributed by atoms with Gasteiger partial charge in [-0.1, -0.05) is 87.7 Å². The number of halogens is 2. The Kier molecular flexibility index (Phi) is 18.8. The fourth-order valence-electron chi connectivity index (χ4n) is 3.04. The third-order valence-corrected chi connectivity index (χ3v) is 6.52. The lowest BCUT2D eigenvalue weighted by atomic mass is 10.00. The molecule has 1 heterocycles. The molecular formula is C32H42F2N2OS. The second-order valence-corrected chi connectivity index (χ2v) is 9.25. The summed E-state index contributed by atoms with van der Waals surface area (Å²) in [7, 11) is 2.91. The molecule has 1 unspecified atom stereocenters. The maximum absolute atomic E-state index is 12.7. The van der Waals surface area contributed by atoms with Crippen LogP contribution < -0.4 is 0 Å². The highest BCUT2D eigenvalue weighted by atomic mass is 32.1. The van der Waals surface area contributed by atoms with Crippen molar-refractivity contribution in [3.8, 4) is 0 Å². The summed E-state index contributed by atoms with van der Waals surface area (Å²) in [5.74, 6) is -0.0743. The maximum Gasteiger partial charge on any atom is 0.312 e. The maximum atomic E-state index is 12.7. The van der Waals surface area contributed by atoms with E-state index < -0.39 is 12.3 Å². The lowest BCUT2D eigenvalue weighted by Crippen LogP contribution is -2.13. The molecule has 1 aromatic carbocycles. The summed E-state index contributed by atoms with van der Waals surface area (Å²) in [5, 5.41) is 0. The smallest absolute Gasteiger partial charge is 0.312 e. The highest BCUT2D eigenvalue weighted by Gasteiger charge is 2.18. The zero-order valence-electron chi connectivity index (χ0n) is 23.6. The average Bonchev–Trinajstić information content (AvgIpc) is 3.41. The van der Waals surface area contributed by atoms with Crippen molar-refractivity contribution in [1.82, 2.24) is 0 Å². The molecule has 0 amide bonds. The minimum absolute atomic E-state index is 0.203. The van der Waals surface area contributed by atoms with Crippen molar-refractivity contribution in [1.29, 1.82) is 0 Å². The third kappa shape index (κ3) is 13.8. The van der Waals surface area contributed by atoms with Crippen LogP contribution in [0.1, 0.15) is 55.4 Å². The molecule has 0 spiro atoms. The van der Waals surface area contributed by atoms with E-state index in [-0.39, 0.29) is 5.76 Å². The molecule has 0 aliphatic rings. The minimum Gasteiger partial charge on any atom is -0.437 e. The van der Waals surface area contributed by atoms with Crippen molar-refractivity contribution in [2.75, 3.05) is 14.1 Å². The van der Waals surface area contributed by atoms with Gasteiger partial charge in [-0.15, -0.1) is 11.3 Å². The van der Waals surface area contributed by atoms with E-state index in [0.29, 0.717) is 5.92 Å². The number of thiophene rings is 1. The third-order valence-electron chi connectivity index (χ3n) is 5.16. The Morgan fingerprint density at radius 3 is 2.26 bits per heavy atom. The van der Waals surface area contributed by atoms with Gasteiger partial charge in [-0.3, -0.25) is 4.99 Å². The van der Waals surface area contributed by atoms with Gasteiger partial charge < -0.3 is 9.73 Å². The average molecular weight is 541 g/mol. The summed E-state index contributed by atoms with van der Waals surface area (Å²) in [4.78, 5) is 8.59. The number of hydrogen-bond acceptors (Lipinski definition) is 4. The van der Waals surface area contributed by atoms with Crippen LogP contribution in [0, 0.1) is 0 Å². The van der Waals surface area contributed by atoms with Gasteiger partial charge in [-0.25, -0.2) is 0 Å². The molecule has 0 radical (unpaired) electrons. The standard InChI is InChI=1S/C18H19F2NOS.C12H18.C2H5N/c1-12(11-14-7-5-4-6-8-14)15-9-10-16(23-15)13(2)22-18(21-3)17(19)20;1-5-8-9-10-12(7-3)11(4)6-2;1-3-2/h4-10,12,17H,2,11H2,1,3H3;6-10H,3,5H2,1-2,4H3;1H2,2H3/b;9-8-,11-6+,12-10+;. The number of hydrogen-bond donors (Lipinski definition) is 0. The fourth-order valence-corrected chi connectivity index (χ4v) is 4.00. The largest absolute Gasteiger partial charge is 0.437 e. The van der Waals surface area contributed by atoms with Gasteiger partial charge in [0.25, 0.3) is 5.90 Å². The lowest BCUT2D eigenvalue weighted by molar-refractivity contribution is 0.196. The Morgan fingerprint density at radius 1 is 1.13 bits per heavy atom. The fraction of sp³-hybridized carbons (Fsp3) is 0.312. The van der Waals surface area contributed by atoms with E-state index in [0.717, 1.165) is 17.7 Å². The Bertz CT molecular complexity index is 1100. The van der Waals surface area contributed by atoms with Crippen molar-refractivity contribution in [3.05, 3.63) is 112 Å². The van der Waals surface area contributed by atoms with Crippen LogP contribution in [0.4, 0.5) is 8.78 Å². The number of ether oxygens (including phenoxy) is 1. The van der Waals surface area contributed by atoms with Crippen LogP contribution in [-0.2, 0) is 11.2 Å². The summed E-state index contributed by atoms with van der Waals surface area (Å²) >= 11 is 1.51. The highest BCUT2D eigenvalue weighted by molar-refractivity contribution is 7.13. The quantitative estimate of drug-likeness (QED) is 0.128.